The zero-order chi connectivity index (χ0) is 48.0. The van der Waals surface area contributed by atoms with E-state index >= 15 is 0 Å². The number of nitrogens with one attached hydrogen (secondary N) is 2. The molecule has 1 aliphatic rings. The number of pyridine rings is 1. The third-order valence-corrected chi connectivity index (χ3v) is 12.8. The van der Waals surface area contributed by atoms with Crippen molar-refractivity contribution in [3.8, 4) is 40.2 Å². The van der Waals surface area contributed by atoms with Crippen molar-refractivity contribution in [3.63, 3.8) is 0 Å². The summed E-state index contributed by atoms with van der Waals surface area (Å²) < 4.78 is 7.64. The fourth-order valence-corrected chi connectivity index (χ4v) is 9.26. The zero-order valence-electron chi connectivity index (χ0n) is 37.7. The van der Waals surface area contributed by atoms with E-state index in [0.717, 1.165) is 18.2 Å². The number of phenolic OH excluding ortho intramolecular Hbond substituents is 2. The van der Waals surface area contributed by atoms with Gasteiger partial charge in [0, 0.05) is 50.5 Å². The molecule has 0 atom stereocenters. The third kappa shape index (κ3) is 8.07. The Balaban J connectivity index is 0.740. The van der Waals surface area contributed by atoms with Crippen LogP contribution >= 0.6 is 0 Å². The van der Waals surface area contributed by atoms with Gasteiger partial charge in [0.05, 0.1) is 33.4 Å². The van der Waals surface area contributed by atoms with Crippen LogP contribution in [0.3, 0.4) is 0 Å². The van der Waals surface area contributed by atoms with Gasteiger partial charge in [-0.2, -0.15) is 15.7 Å². The van der Waals surface area contributed by atoms with Gasteiger partial charge in [0.1, 0.15) is 28.5 Å². The summed E-state index contributed by atoms with van der Waals surface area (Å²) in [5, 5.41) is 55.5. The second-order valence-electron chi connectivity index (χ2n) is 17.4. The van der Waals surface area contributed by atoms with Crippen molar-refractivity contribution in [2.75, 3.05) is 5.32 Å². The van der Waals surface area contributed by atoms with Crippen LogP contribution in [0.25, 0.3) is 71.9 Å². The van der Waals surface area contributed by atoms with E-state index in [0.29, 0.717) is 83.6 Å². The zero-order valence-corrected chi connectivity index (χ0v) is 37.7. The Bertz CT molecular complexity index is 3980. The molecule has 8 aromatic carbocycles. The molecule has 3 heterocycles. The number of hydrogen-bond acceptors (Lipinski definition) is 14. The van der Waals surface area contributed by atoms with E-state index in [1.807, 2.05) is 66.7 Å². The second-order valence-corrected chi connectivity index (χ2v) is 17.4. The summed E-state index contributed by atoms with van der Waals surface area (Å²) in [5.41, 5.74) is 7.99. The first-order valence-electron chi connectivity index (χ1n) is 23.1. The molecule has 1 amide bonds. The van der Waals surface area contributed by atoms with Crippen LogP contribution in [0.15, 0.2) is 181 Å². The van der Waals surface area contributed by atoms with Gasteiger partial charge in [0.15, 0.2) is 5.75 Å². The van der Waals surface area contributed by atoms with Crippen molar-refractivity contribution >= 4 is 83.3 Å². The molecule has 0 bridgehead atoms. The molecule has 12 rings (SSSR count). The average Bonchev–Trinajstić information content (AvgIpc) is 4.06. The van der Waals surface area contributed by atoms with E-state index in [1.54, 1.807) is 83.3 Å². The largest absolute Gasteiger partial charge is 0.506 e. The third-order valence-electron chi connectivity index (χ3n) is 12.8. The monoisotopic (exact) mass is 936 g/mol. The Kier molecular flexibility index (Phi) is 10.8. The van der Waals surface area contributed by atoms with Crippen molar-refractivity contribution in [1.29, 1.82) is 0 Å². The highest BCUT2D eigenvalue weighted by Crippen LogP contribution is 2.43. The average molecular weight is 937 g/mol. The fourth-order valence-electron chi connectivity index (χ4n) is 9.26. The van der Waals surface area contributed by atoms with Crippen molar-refractivity contribution in [3.05, 3.63) is 168 Å². The molecular weight excluding hydrogens is 897 g/mol. The maximum atomic E-state index is 13.8. The predicted octanol–water partition coefficient (Wildman–Crippen LogP) is 13.2. The molecule has 71 heavy (non-hydrogen) atoms. The van der Waals surface area contributed by atoms with Gasteiger partial charge in [0.25, 0.3) is 11.5 Å². The Morgan fingerprint density at radius 1 is 0.662 bits per heavy atom. The number of phenols is 2. The van der Waals surface area contributed by atoms with Crippen LogP contribution in [-0.2, 0) is 0 Å². The molecule has 0 spiro atoms. The van der Waals surface area contributed by atoms with Gasteiger partial charge in [-0.15, -0.1) is 20.4 Å². The minimum Gasteiger partial charge on any atom is -0.506 e. The molecule has 4 N–H and O–H groups in total. The number of amides is 1. The smallest absolute Gasteiger partial charge is 0.264 e. The van der Waals surface area contributed by atoms with Crippen molar-refractivity contribution in [2.24, 2.45) is 20.5 Å². The van der Waals surface area contributed by atoms with E-state index in [-0.39, 0.29) is 45.8 Å². The summed E-state index contributed by atoms with van der Waals surface area (Å²) >= 11 is 0. The Labute approximate surface area is 402 Å². The summed E-state index contributed by atoms with van der Waals surface area (Å²) in [5.74, 6) is 0.126. The summed E-state index contributed by atoms with van der Waals surface area (Å²) in [6.07, 6.45) is 5.71. The summed E-state index contributed by atoms with van der Waals surface area (Å²) in [6, 6.07) is 44.8. The van der Waals surface area contributed by atoms with Gasteiger partial charge in [0.2, 0.25) is 11.8 Å². The number of hydrogen-bond donors (Lipinski definition) is 4. The van der Waals surface area contributed by atoms with Crippen LogP contribution in [0.4, 0.5) is 28.4 Å². The molecule has 3 aromatic heterocycles. The van der Waals surface area contributed by atoms with Gasteiger partial charge in [-0.05, 0) is 103 Å². The fraction of sp³-hybridized carbons (Fsp3) is 0.109. The van der Waals surface area contributed by atoms with Crippen molar-refractivity contribution in [1.82, 2.24) is 25.1 Å². The minimum atomic E-state index is -0.516. The quantitative estimate of drug-likeness (QED) is 0.0711. The lowest BCUT2D eigenvalue weighted by molar-refractivity contribution is 0.102. The number of carbonyl (C=O) groups excluding carboxylic acids is 1. The summed E-state index contributed by atoms with van der Waals surface area (Å²) in [6.45, 7) is 0. The molecule has 0 unspecified atom stereocenters. The molecule has 1 fully saturated rings. The van der Waals surface area contributed by atoms with Gasteiger partial charge in [-0.25, -0.2) is 4.98 Å². The van der Waals surface area contributed by atoms with Gasteiger partial charge in [-0.1, -0.05) is 79.9 Å². The van der Waals surface area contributed by atoms with E-state index in [1.165, 1.54) is 25.3 Å². The highest BCUT2D eigenvalue weighted by molar-refractivity contribution is 6.19. The van der Waals surface area contributed by atoms with Crippen molar-refractivity contribution < 1.29 is 24.3 Å². The number of hydroxylamine groups is 1. The Morgan fingerprint density at radius 3 is 2.08 bits per heavy atom. The molecule has 1 aliphatic carbocycles. The number of imidazole rings is 1. The first kappa shape index (κ1) is 42.9. The molecule has 1 saturated carbocycles. The number of rotatable bonds is 11. The number of aromatic nitrogens is 4. The molecule has 16 nitrogen and oxygen atoms in total. The van der Waals surface area contributed by atoms with Crippen LogP contribution in [0.1, 0.15) is 42.5 Å². The van der Waals surface area contributed by atoms with Crippen LogP contribution in [0.2, 0.25) is 0 Å². The van der Waals surface area contributed by atoms with Crippen LogP contribution in [0, 0.1) is 0 Å². The van der Waals surface area contributed by atoms with E-state index in [9.17, 15) is 19.8 Å². The first-order chi connectivity index (χ1) is 34.8. The van der Waals surface area contributed by atoms with Crippen LogP contribution in [0.5, 0.6) is 17.2 Å². The highest BCUT2D eigenvalue weighted by atomic mass is 16.6. The topological polar surface area (TPSA) is 214 Å². The summed E-state index contributed by atoms with van der Waals surface area (Å²) in [4.78, 5) is 38.1. The molecule has 16 heteroatoms. The first-order valence-corrected chi connectivity index (χ1v) is 23.1. The summed E-state index contributed by atoms with van der Waals surface area (Å²) in [7, 11) is 0. The van der Waals surface area contributed by atoms with Gasteiger partial charge < -0.3 is 24.8 Å². The lowest BCUT2D eigenvalue weighted by atomic mass is 9.96. The number of azo groups is 2. The Hall–Kier alpha value is -9.41. The predicted molar refractivity (Wildman–Crippen MR) is 271 cm³/mol. The van der Waals surface area contributed by atoms with E-state index in [4.69, 9.17) is 14.2 Å². The van der Waals surface area contributed by atoms with Gasteiger partial charge >= 0.3 is 0 Å². The van der Waals surface area contributed by atoms with Crippen molar-refractivity contribution in [2.45, 2.75) is 38.1 Å². The number of fused-ring (bicyclic) bond motifs is 5. The lowest BCUT2D eigenvalue weighted by Crippen LogP contribution is -2.33. The second kappa shape index (κ2) is 17.9. The van der Waals surface area contributed by atoms with E-state index in [2.05, 4.69) is 41.5 Å². The molecule has 0 saturated heterocycles. The lowest BCUT2D eigenvalue weighted by Gasteiger charge is -2.22. The number of para-hydroxylation sites is 2. The standard InChI is InChI=1S/C55H40N10O6/c66-46-30-42-47-40(16-9-17-41(47)51-57-44-18-6-7-19-45(44)65(51)55(42)69)48(46)60-58-34-24-20-31(21-25-34)53-62-63-54(70-53)32-22-26-35(27-23-32)59-61-49-39-15-5-4-10-33(39)28-43(50(49)67)52(68)56-37-13-8-14-38(29-37)71-64-36-11-2-1-3-12-36/h4-10,13-30,36,64,66-67H,1-3,11-12H2,(H,56,68). The number of anilines is 1. The molecular formula is C55H40N10O6. The maximum Gasteiger partial charge on any atom is 0.264 e. The highest BCUT2D eigenvalue weighted by Gasteiger charge is 2.22. The molecule has 0 radical (unpaired) electrons. The van der Waals surface area contributed by atoms with Gasteiger partial charge in [-0.3, -0.25) is 14.0 Å². The normalized spacial score (nSPS) is 13.5. The van der Waals surface area contributed by atoms with Crippen LogP contribution < -0.4 is 21.2 Å². The number of benzene rings is 8. The van der Waals surface area contributed by atoms with E-state index < -0.39 is 5.91 Å². The maximum absolute atomic E-state index is 13.8. The van der Waals surface area contributed by atoms with Crippen LogP contribution in [-0.4, -0.2) is 41.7 Å². The SMILES string of the molecule is O=C(Nc1cccc(ONC2CCCCC2)c1)c1cc2ccccc2c(N=Nc2ccc(-c3nnc(-c4ccc(N=Nc5c(O)cc6c(=O)n7c8ccccc8nc7c7cccc5c67)cc4)o3)cc2)c1O. The minimum absolute atomic E-state index is 0.0402. The number of nitrogens with zero attached hydrogens (tertiary/aromatic N) is 8. The Morgan fingerprint density at radius 2 is 1.32 bits per heavy atom. The molecule has 0 aliphatic heterocycles. The molecule has 11 aromatic rings. The molecule has 346 valence electrons. The number of carbonyl (C=O) groups is 1. The number of aromatic hydroxyl groups is 2.